The van der Waals surface area contributed by atoms with Crippen LogP contribution in [0.4, 0.5) is 11.5 Å². The van der Waals surface area contributed by atoms with Gasteiger partial charge in [0, 0.05) is 18.9 Å². The fraction of sp³-hybridized carbons (Fsp3) is 0.111. The molecule has 1 N–H and O–H groups in total. The van der Waals surface area contributed by atoms with E-state index in [9.17, 15) is 4.79 Å². The highest BCUT2D eigenvalue weighted by molar-refractivity contribution is 5.92. The SMILES string of the molecule is CN(c1ccccc1)c1ccc(C(=O)NCc2ccccn2)nn1. The molecule has 0 spiro atoms. The van der Waals surface area contributed by atoms with Gasteiger partial charge >= 0.3 is 0 Å². The molecule has 0 radical (unpaired) electrons. The van der Waals surface area contributed by atoms with Gasteiger partial charge in [0.2, 0.25) is 0 Å². The highest BCUT2D eigenvalue weighted by Crippen LogP contribution is 2.20. The summed E-state index contributed by atoms with van der Waals surface area (Å²) in [5.41, 5.74) is 2.06. The minimum Gasteiger partial charge on any atom is -0.345 e. The Hall–Kier alpha value is -3.28. The number of carbonyl (C=O) groups is 1. The zero-order valence-electron chi connectivity index (χ0n) is 13.3. The number of hydrogen-bond acceptors (Lipinski definition) is 5. The van der Waals surface area contributed by atoms with E-state index in [0.29, 0.717) is 12.4 Å². The van der Waals surface area contributed by atoms with Crippen LogP contribution in [-0.2, 0) is 6.54 Å². The molecule has 0 bridgehead atoms. The van der Waals surface area contributed by atoms with E-state index in [4.69, 9.17) is 0 Å². The van der Waals surface area contributed by atoms with Gasteiger partial charge in [-0.2, -0.15) is 0 Å². The Morgan fingerprint density at radius 3 is 2.46 bits per heavy atom. The van der Waals surface area contributed by atoms with Gasteiger partial charge in [0.25, 0.3) is 5.91 Å². The van der Waals surface area contributed by atoms with Gasteiger partial charge in [-0.25, -0.2) is 0 Å². The van der Waals surface area contributed by atoms with Gasteiger partial charge in [0.1, 0.15) is 0 Å². The summed E-state index contributed by atoms with van der Waals surface area (Å²) < 4.78 is 0. The summed E-state index contributed by atoms with van der Waals surface area (Å²) >= 11 is 0. The average molecular weight is 319 g/mol. The van der Waals surface area contributed by atoms with Crippen molar-refractivity contribution in [1.29, 1.82) is 0 Å². The van der Waals surface area contributed by atoms with Crippen molar-refractivity contribution in [2.75, 3.05) is 11.9 Å². The second-order valence-corrected chi connectivity index (χ2v) is 5.18. The fourth-order valence-electron chi connectivity index (χ4n) is 2.17. The molecule has 0 saturated heterocycles. The Balaban J connectivity index is 1.64. The first-order valence-electron chi connectivity index (χ1n) is 7.54. The third kappa shape index (κ3) is 3.73. The summed E-state index contributed by atoms with van der Waals surface area (Å²) in [6, 6.07) is 18.8. The standard InChI is InChI=1S/C18H17N5O/c1-23(15-8-3-2-4-9-15)17-11-10-16(21-22-17)18(24)20-13-14-7-5-6-12-19-14/h2-12H,13H2,1H3,(H,20,24). The van der Waals surface area contributed by atoms with E-state index in [0.717, 1.165) is 11.4 Å². The lowest BCUT2D eigenvalue weighted by molar-refractivity contribution is 0.0944. The van der Waals surface area contributed by atoms with Gasteiger partial charge < -0.3 is 10.2 Å². The average Bonchev–Trinajstić information content (AvgIpc) is 2.67. The molecule has 1 aromatic carbocycles. The molecule has 0 aliphatic heterocycles. The fourth-order valence-corrected chi connectivity index (χ4v) is 2.17. The Morgan fingerprint density at radius 2 is 1.79 bits per heavy atom. The van der Waals surface area contributed by atoms with Gasteiger partial charge in [0.15, 0.2) is 11.5 Å². The van der Waals surface area contributed by atoms with Crippen LogP contribution in [0.1, 0.15) is 16.2 Å². The molecule has 0 unspecified atom stereocenters. The molecular formula is C18H17N5O. The maximum absolute atomic E-state index is 12.1. The molecular weight excluding hydrogens is 302 g/mol. The third-order valence-electron chi connectivity index (χ3n) is 3.53. The Morgan fingerprint density at radius 1 is 1.00 bits per heavy atom. The Labute approximate surface area is 140 Å². The molecule has 24 heavy (non-hydrogen) atoms. The van der Waals surface area contributed by atoms with E-state index in [2.05, 4.69) is 20.5 Å². The first-order chi connectivity index (χ1) is 11.7. The lowest BCUT2D eigenvalue weighted by Gasteiger charge is -2.17. The van der Waals surface area contributed by atoms with Gasteiger partial charge in [-0.3, -0.25) is 9.78 Å². The molecule has 2 heterocycles. The normalized spacial score (nSPS) is 10.2. The van der Waals surface area contributed by atoms with Crippen LogP contribution in [0.5, 0.6) is 0 Å². The van der Waals surface area contributed by atoms with Gasteiger partial charge in [-0.1, -0.05) is 24.3 Å². The van der Waals surface area contributed by atoms with Crippen molar-refractivity contribution in [1.82, 2.24) is 20.5 Å². The van der Waals surface area contributed by atoms with E-state index < -0.39 is 0 Å². The summed E-state index contributed by atoms with van der Waals surface area (Å²) in [5, 5.41) is 10.9. The van der Waals surface area contributed by atoms with Gasteiger partial charge in [-0.15, -0.1) is 10.2 Å². The second kappa shape index (κ2) is 7.32. The van der Waals surface area contributed by atoms with E-state index >= 15 is 0 Å². The number of amides is 1. The highest BCUT2D eigenvalue weighted by atomic mass is 16.1. The minimum atomic E-state index is -0.276. The largest absolute Gasteiger partial charge is 0.345 e. The van der Waals surface area contributed by atoms with Crippen LogP contribution in [0.3, 0.4) is 0 Å². The summed E-state index contributed by atoms with van der Waals surface area (Å²) in [7, 11) is 1.90. The van der Waals surface area contributed by atoms with Gasteiger partial charge in [-0.05, 0) is 36.4 Å². The zero-order chi connectivity index (χ0) is 16.8. The number of anilines is 2. The number of nitrogens with one attached hydrogen (secondary N) is 1. The Bertz CT molecular complexity index is 791. The molecule has 0 aliphatic rings. The number of carbonyl (C=O) groups excluding carboxylic acids is 1. The molecule has 0 atom stereocenters. The molecule has 120 valence electrons. The van der Waals surface area contributed by atoms with Crippen molar-refractivity contribution >= 4 is 17.4 Å². The maximum Gasteiger partial charge on any atom is 0.272 e. The van der Waals surface area contributed by atoms with Crippen molar-refractivity contribution in [3.8, 4) is 0 Å². The molecule has 0 fully saturated rings. The van der Waals surface area contributed by atoms with Crippen molar-refractivity contribution in [2.45, 2.75) is 6.54 Å². The van der Waals surface area contributed by atoms with Crippen molar-refractivity contribution in [3.63, 3.8) is 0 Å². The predicted molar refractivity (Wildman–Crippen MR) is 91.9 cm³/mol. The molecule has 2 aromatic heterocycles. The summed E-state index contributed by atoms with van der Waals surface area (Å²) in [6.45, 7) is 0.354. The maximum atomic E-state index is 12.1. The molecule has 3 rings (SSSR count). The van der Waals surface area contributed by atoms with Gasteiger partial charge in [0.05, 0.1) is 12.2 Å². The molecule has 0 saturated carbocycles. The van der Waals surface area contributed by atoms with E-state index in [1.807, 2.05) is 60.5 Å². The van der Waals surface area contributed by atoms with Crippen LogP contribution < -0.4 is 10.2 Å². The second-order valence-electron chi connectivity index (χ2n) is 5.18. The predicted octanol–water partition coefficient (Wildman–Crippen LogP) is 2.57. The number of nitrogens with zero attached hydrogens (tertiary/aromatic N) is 4. The zero-order valence-corrected chi connectivity index (χ0v) is 13.3. The topological polar surface area (TPSA) is 71.0 Å². The van der Waals surface area contributed by atoms with Crippen molar-refractivity contribution in [2.24, 2.45) is 0 Å². The van der Waals surface area contributed by atoms with Crippen LogP contribution in [0.15, 0.2) is 66.9 Å². The minimum absolute atomic E-state index is 0.274. The summed E-state index contributed by atoms with van der Waals surface area (Å²) in [5.74, 6) is 0.393. The molecule has 6 heteroatoms. The number of aromatic nitrogens is 3. The number of pyridine rings is 1. The number of hydrogen-bond donors (Lipinski definition) is 1. The van der Waals surface area contributed by atoms with E-state index in [1.54, 1.807) is 18.3 Å². The van der Waals surface area contributed by atoms with Crippen LogP contribution >= 0.6 is 0 Å². The smallest absolute Gasteiger partial charge is 0.272 e. The van der Waals surface area contributed by atoms with E-state index in [-0.39, 0.29) is 11.6 Å². The first kappa shape index (κ1) is 15.6. The van der Waals surface area contributed by atoms with Crippen LogP contribution in [-0.4, -0.2) is 28.1 Å². The highest BCUT2D eigenvalue weighted by Gasteiger charge is 2.10. The van der Waals surface area contributed by atoms with Crippen molar-refractivity contribution in [3.05, 3.63) is 78.2 Å². The number of para-hydroxylation sites is 1. The molecule has 3 aromatic rings. The van der Waals surface area contributed by atoms with E-state index in [1.165, 1.54) is 0 Å². The molecule has 1 amide bonds. The number of rotatable bonds is 5. The van der Waals surface area contributed by atoms with Crippen molar-refractivity contribution < 1.29 is 4.79 Å². The lowest BCUT2D eigenvalue weighted by atomic mass is 10.3. The summed E-state index contributed by atoms with van der Waals surface area (Å²) in [6.07, 6.45) is 1.69. The quantitative estimate of drug-likeness (QED) is 0.782. The number of benzene rings is 1. The first-order valence-corrected chi connectivity index (χ1v) is 7.54. The summed E-state index contributed by atoms with van der Waals surface area (Å²) in [4.78, 5) is 18.2. The van der Waals surface area contributed by atoms with Crippen LogP contribution in [0.2, 0.25) is 0 Å². The monoisotopic (exact) mass is 319 g/mol. The lowest BCUT2D eigenvalue weighted by Crippen LogP contribution is -2.25. The Kier molecular flexibility index (Phi) is 4.76. The molecule has 6 nitrogen and oxygen atoms in total. The third-order valence-corrected chi connectivity index (χ3v) is 3.53. The van der Waals surface area contributed by atoms with Crippen LogP contribution in [0.25, 0.3) is 0 Å². The molecule has 0 aliphatic carbocycles. The van der Waals surface area contributed by atoms with Crippen LogP contribution in [0, 0.1) is 0 Å².